The molecule has 1 heterocycles. The second-order valence-electron chi connectivity index (χ2n) is 8.01. The highest BCUT2D eigenvalue weighted by Crippen LogP contribution is 2.22. The lowest BCUT2D eigenvalue weighted by molar-refractivity contribution is -0.134. The molecule has 0 aliphatic heterocycles. The average Bonchev–Trinajstić information content (AvgIpc) is 2.71. The maximum atomic E-state index is 12.1. The molecule has 0 spiro atoms. The Morgan fingerprint density at radius 3 is 2.33 bits per heavy atom. The molecule has 0 radical (unpaired) electrons. The molecule has 0 aliphatic rings. The summed E-state index contributed by atoms with van der Waals surface area (Å²) in [6.07, 6.45) is 18.2. The maximum absolute atomic E-state index is 12.1. The Balaban J connectivity index is 1.56. The Morgan fingerprint density at radius 2 is 1.60 bits per heavy atom. The molecule has 4 nitrogen and oxygen atoms in total. The minimum Gasteiger partial charge on any atom is -0.426 e. The van der Waals surface area contributed by atoms with Gasteiger partial charge in [0.2, 0.25) is 0 Å². The summed E-state index contributed by atoms with van der Waals surface area (Å²) in [6.45, 7) is 4.10. The molecule has 2 rings (SSSR count). The van der Waals surface area contributed by atoms with Crippen molar-refractivity contribution in [2.24, 2.45) is 0 Å². The number of benzene rings is 1. The van der Waals surface area contributed by atoms with Crippen LogP contribution in [0.4, 0.5) is 0 Å². The number of fused-ring (bicyclic) bond motifs is 1. The Kier molecular flexibility index (Phi) is 11.0. The van der Waals surface area contributed by atoms with Crippen molar-refractivity contribution in [1.82, 2.24) is 0 Å². The number of allylic oxidation sites excluding steroid dienone is 2. The van der Waals surface area contributed by atoms with Crippen LogP contribution in [0.25, 0.3) is 11.0 Å². The predicted octanol–water partition coefficient (Wildman–Crippen LogP) is 7.26. The molecule has 0 N–H and O–H groups in total. The zero-order chi connectivity index (χ0) is 21.6. The van der Waals surface area contributed by atoms with Crippen molar-refractivity contribution in [3.05, 3.63) is 52.4 Å². The number of aryl methyl sites for hydroxylation is 1. The third kappa shape index (κ3) is 8.98. The Morgan fingerprint density at radius 1 is 0.933 bits per heavy atom. The molecule has 0 fully saturated rings. The second-order valence-corrected chi connectivity index (χ2v) is 8.01. The third-order valence-corrected chi connectivity index (χ3v) is 5.30. The van der Waals surface area contributed by atoms with Gasteiger partial charge in [-0.3, -0.25) is 4.79 Å². The lowest BCUT2D eigenvalue weighted by atomic mass is 10.1. The van der Waals surface area contributed by atoms with Crippen LogP contribution in [0.2, 0.25) is 0 Å². The number of rotatable bonds is 14. The van der Waals surface area contributed by atoms with Crippen LogP contribution in [-0.2, 0) is 4.79 Å². The van der Waals surface area contributed by atoms with Crippen LogP contribution < -0.4 is 10.4 Å². The normalized spacial score (nSPS) is 11.4. The van der Waals surface area contributed by atoms with Crippen LogP contribution in [0.15, 0.2) is 45.6 Å². The van der Waals surface area contributed by atoms with E-state index in [4.69, 9.17) is 9.15 Å². The van der Waals surface area contributed by atoms with E-state index < -0.39 is 5.63 Å². The topological polar surface area (TPSA) is 56.5 Å². The molecule has 0 unspecified atom stereocenters. The van der Waals surface area contributed by atoms with Gasteiger partial charge >= 0.3 is 11.6 Å². The molecule has 0 atom stereocenters. The molecule has 0 amide bonds. The quantitative estimate of drug-likeness (QED) is 0.108. The Labute approximate surface area is 180 Å². The first-order valence-corrected chi connectivity index (χ1v) is 11.5. The van der Waals surface area contributed by atoms with Gasteiger partial charge in [0.05, 0.1) is 0 Å². The zero-order valence-electron chi connectivity index (χ0n) is 18.6. The monoisotopic (exact) mass is 412 g/mol. The van der Waals surface area contributed by atoms with E-state index in [1.807, 2.05) is 13.0 Å². The van der Waals surface area contributed by atoms with E-state index in [1.54, 1.807) is 12.1 Å². The van der Waals surface area contributed by atoms with Crippen molar-refractivity contribution >= 4 is 16.9 Å². The maximum Gasteiger partial charge on any atom is 0.336 e. The van der Waals surface area contributed by atoms with Gasteiger partial charge in [0.15, 0.2) is 0 Å². The molecule has 30 heavy (non-hydrogen) atoms. The second kappa shape index (κ2) is 13.8. The van der Waals surface area contributed by atoms with Crippen molar-refractivity contribution in [3.8, 4) is 5.75 Å². The fraction of sp³-hybridized carbons (Fsp3) is 0.538. The van der Waals surface area contributed by atoms with Crippen LogP contribution >= 0.6 is 0 Å². The third-order valence-electron chi connectivity index (χ3n) is 5.30. The Bertz CT molecular complexity index is 863. The smallest absolute Gasteiger partial charge is 0.336 e. The summed E-state index contributed by atoms with van der Waals surface area (Å²) in [4.78, 5) is 23.6. The molecule has 1 aromatic heterocycles. The summed E-state index contributed by atoms with van der Waals surface area (Å²) in [5.41, 5.74) is 0.896. The van der Waals surface area contributed by atoms with Gasteiger partial charge in [0.25, 0.3) is 0 Å². The summed E-state index contributed by atoms with van der Waals surface area (Å²) in [7, 11) is 0. The van der Waals surface area contributed by atoms with Crippen LogP contribution in [0.3, 0.4) is 0 Å². The van der Waals surface area contributed by atoms with Gasteiger partial charge < -0.3 is 9.15 Å². The number of unbranched alkanes of at least 4 members (excludes halogenated alkanes) is 9. The molecule has 1 aromatic carbocycles. The highest BCUT2D eigenvalue weighted by molar-refractivity contribution is 5.82. The molecular formula is C26H36O4. The summed E-state index contributed by atoms with van der Waals surface area (Å²) in [5.74, 6) is 0.179. The van der Waals surface area contributed by atoms with Crippen molar-refractivity contribution in [2.45, 2.75) is 90.9 Å². The number of carbonyl (C=O) groups is 1. The van der Waals surface area contributed by atoms with Crippen molar-refractivity contribution in [3.63, 3.8) is 0 Å². The molecule has 2 aromatic rings. The predicted molar refractivity (Wildman–Crippen MR) is 123 cm³/mol. The van der Waals surface area contributed by atoms with Gasteiger partial charge in [-0.15, -0.1) is 0 Å². The largest absolute Gasteiger partial charge is 0.426 e. The van der Waals surface area contributed by atoms with E-state index in [9.17, 15) is 9.59 Å². The standard InChI is InChI=1S/C26H36O4/c1-3-4-5-6-7-8-9-10-11-12-13-14-15-16-25(27)29-22-17-18-23-21(2)19-26(28)30-24(23)20-22/h8-9,17-20H,3-7,10-16H2,1-2H3/b9-8-. The summed E-state index contributed by atoms with van der Waals surface area (Å²) in [5, 5.41) is 0.848. The number of hydrogen-bond acceptors (Lipinski definition) is 4. The van der Waals surface area contributed by atoms with Crippen molar-refractivity contribution < 1.29 is 13.9 Å². The van der Waals surface area contributed by atoms with Gasteiger partial charge in [-0.2, -0.15) is 0 Å². The molecule has 0 aliphatic carbocycles. The number of hydrogen-bond donors (Lipinski definition) is 0. The first-order chi connectivity index (χ1) is 14.6. The fourth-order valence-electron chi connectivity index (χ4n) is 3.54. The zero-order valence-corrected chi connectivity index (χ0v) is 18.6. The van der Waals surface area contributed by atoms with Crippen molar-refractivity contribution in [2.75, 3.05) is 0 Å². The van der Waals surface area contributed by atoms with E-state index in [2.05, 4.69) is 19.1 Å². The van der Waals surface area contributed by atoms with E-state index in [1.165, 1.54) is 51.0 Å². The van der Waals surface area contributed by atoms with E-state index in [0.29, 0.717) is 17.8 Å². The lowest BCUT2D eigenvalue weighted by Crippen LogP contribution is -2.07. The van der Waals surface area contributed by atoms with Gasteiger partial charge in [-0.05, 0) is 56.7 Å². The first-order valence-electron chi connectivity index (χ1n) is 11.5. The van der Waals surface area contributed by atoms with E-state index in [-0.39, 0.29) is 5.97 Å². The molecule has 164 valence electrons. The van der Waals surface area contributed by atoms with Gasteiger partial charge in [0, 0.05) is 23.9 Å². The van der Waals surface area contributed by atoms with Crippen LogP contribution in [0.5, 0.6) is 5.75 Å². The number of carbonyl (C=O) groups excluding carboxylic acids is 1. The van der Waals surface area contributed by atoms with Gasteiger partial charge in [-0.25, -0.2) is 4.79 Å². The van der Waals surface area contributed by atoms with Gasteiger partial charge in [0.1, 0.15) is 11.3 Å². The SMILES string of the molecule is CCCCCC/C=C\CCCCCCCC(=O)Oc1ccc2c(C)cc(=O)oc2c1. The van der Waals surface area contributed by atoms with Crippen LogP contribution in [0, 0.1) is 6.92 Å². The minimum absolute atomic E-state index is 0.240. The Hall–Kier alpha value is -2.36. The minimum atomic E-state index is -0.397. The van der Waals surface area contributed by atoms with Crippen molar-refractivity contribution in [1.29, 1.82) is 0 Å². The summed E-state index contributed by atoms with van der Waals surface area (Å²) in [6, 6.07) is 6.62. The lowest BCUT2D eigenvalue weighted by Gasteiger charge is -2.06. The van der Waals surface area contributed by atoms with E-state index >= 15 is 0 Å². The average molecular weight is 413 g/mol. The van der Waals surface area contributed by atoms with Crippen LogP contribution in [-0.4, -0.2) is 5.97 Å². The fourth-order valence-corrected chi connectivity index (χ4v) is 3.54. The summed E-state index contributed by atoms with van der Waals surface area (Å²) < 4.78 is 10.6. The van der Waals surface area contributed by atoms with Gasteiger partial charge in [-0.1, -0.05) is 57.6 Å². The van der Waals surface area contributed by atoms with Crippen LogP contribution in [0.1, 0.15) is 89.5 Å². The molecule has 4 heteroatoms. The molecule has 0 saturated carbocycles. The number of ether oxygens (including phenoxy) is 1. The first kappa shape index (κ1) is 23.9. The number of esters is 1. The highest BCUT2D eigenvalue weighted by Gasteiger charge is 2.08. The molecular weight excluding hydrogens is 376 g/mol. The summed E-state index contributed by atoms with van der Waals surface area (Å²) >= 11 is 0. The van der Waals surface area contributed by atoms with E-state index in [0.717, 1.165) is 36.6 Å². The molecule has 0 bridgehead atoms. The molecule has 0 saturated heterocycles. The highest BCUT2D eigenvalue weighted by atomic mass is 16.5.